The zero-order valence-electron chi connectivity index (χ0n) is 22.3. The Kier molecular flexibility index (Phi) is 8.54. The number of carbonyl (C=O) groups is 2. The lowest BCUT2D eigenvalue weighted by Gasteiger charge is -2.28. The van der Waals surface area contributed by atoms with Crippen LogP contribution < -0.4 is 19.5 Å². The van der Waals surface area contributed by atoms with Gasteiger partial charge in [-0.25, -0.2) is 0 Å². The summed E-state index contributed by atoms with van der Waals surface area (Å²) in [6.07, 6.45) is 4.62. The Labute approximate surface area is 219 Å². The van der Waals surface area contributed by atoms with Crippen LogP contribution in [0.15, 0.2) is 48.0 Å². The molecule has 2 heterocycles. The number of unbranched alkanes of at least 4 members (excludes halogenated alkanes) is 2. The van der Waals surface area contributed by atoms with Gasteiger partial charge in [-0.05, 0) is 54.3 Å². The van der Waals surface area contributed by atoms with Crippen molar-refractivity contribution in [2.24, 2.45) is 0 Å². The van der Waals surface area contributed by atoms with Crippen molar-refractivity contribution in [1.82, 2.24) is 4.90 Å². The SMILES string of the molecule is CCCCCOc1cccc(C2C(=C([O-])c3ccc4c(c3)CC(C)O4)C(=O)C(=O)N2CCC[NH+](C)C)c1. The molecule has 1 saturated heterocycles. The number of fused-ring (bicyclic) bond motifs is 1. The molecule has 2 unspecified atom stereocenters. The number of amides is 1. The van der Waals surface area contributed by atoms with Gasteiger partial charge >= 0.3 is 0 Å². The zero-order valence-corrected chi connectivity index (χ0v) is 22.3. The van der Waals surface area contributed by atoms with Crippen molar-refractivity contribution in [2.45, 2.75) is 58.1 Å². The van der Waals surface area contributed by atoms with E-state index in [0.29, 0.717) is 36.4 Å². The fourth-order valence-electron chi connectivity index (χ4n) is 5.09. The standard InChI is InChI=1S/C30H38N2O5/c1-5-6-7-16-36-24-11-8-10-21(19-24)27-26(29(34)30(35)32(27)15-9-14-31(3)4)28(33)22-12-13-25-23(18-22)17-20(2)37-25/h8,10-13,18-20,27,33H,5-7,9,14-17H2,1-4H3. The van der Waals surface area contributed by atoms with Crippen molar-refractivity contribution < 1.29 is 29.1 Å². The number of ether oxygens (including phenoxy) is 2. The number of nitrogens with one attached hydrogen (secondary N) is 1. The van der Waals surface area contributed by atoms with Crippen LogP contribution in [0.3, 0.4) is 0 Å². The minimum Gasteiger partial charge on any atom is -0.872 e. The summed E-state index contributed by atoms with van der Waals surface area (Å²) in [5.41, 5.74) is 2.08. The molecule has 2 aliphatic rings. The summed E-state index contributed by atoms with van der Waals surface area (Å²) in [5, 5.41) is 13.8. The lowest BCUT2D eigenvalue weighted by Crippen LogP contribution is -3.05. The Morgan fingerprint density at radius 2 is 1.95 bits per heavy atom. The van der Waals surface area contributed by atoms with Crippen molar-refractivity contribution in [3.63, 3.8) is 0 Å². The van der Waals surface area contributed by atoms with Crippen LogP contribution in [0.5, 0.6) is 11.5 Å². The molecule has 2 aromatic rings. The largest absolute Gasteiger partial charge is 0.872 e. The second-order valence-electron chi connectivity index (χ2n) is 10.4. The minimum atomic E-state index is -0.743. The second-order valence-corrected chi connectivity index (χ2v) is 10.4. The lowest BCUT2D eigenvalue weighted by atomic mass is 9.94. The monoisotopic (exact) mass is 506 g/mol. The van der Waals surface area contributed by atoms with Crippen molar-refractivity contribution in [2.75, 3.05) is 33.8 Å². The van der Waals surface area contributed by atoms with E-state index in [9.17, 15) is 14.7 Å². The normalized spacial score (nSPS) is 20.4. The molecule has 1 amide bonds. The number of hydrogen-bond donors (Lipinski definition) is 1. The van der Waals surface area contributed by atoms with E-state index in [-0.39, 0.29) is 11.7 Å². The van der Waals surface area contributed by atoms with Gasteiger partial charge in [0.25, 0.3) is 5.91 Å². The molecule has 2 aromatic carbocycles. The van der Waals surface area contributed by atoms with Gasteiger partial charge in [0.2, 0.25) is 5.78 Å². The maximum absolute atomic E-state index is 13.8. The fraction of sp³-hybridized carbons (Fsp3) is 0.467. The lowest BCUT2D eigenvalue weighted by molar-refractivity contribution is -0.858. The number of hydrogen-bond acceptors (Lipinski definition) is 5. The van der Waals surface area contributed by atoms with Gasteiger partial charge in [0, 0.05) is 25.0 Å². The minimum absolute atomic E-state index is 0.0113. The molecular formula is C30H38N2O5. The number of rotatable bonds is 11. The summed E-state index contributed by atoms with van der Waals surface area (Å²) in [4.78, 5) is 29.4. The number of Topliss-reactive ketones (excluding diaryl/α,β-unsaturated/α-hetero) is 1. The Morgan fingerprint density at radius 3 is 2.70 bits per heavy atom. The van der Waals surface area contributed by atoms with Crippen molar-refractivity contribution in [3.05, 3.63) is 64.7 Å². The van der Waals surface area contributed by atoms with Crippen LogP contribution in [-0.4, -0.2) is 56.5 Å². The van der Waals surface area contributed by atoms with Crippen LogP contribution in [0.4, 0.5) is 0 Å². The third-order valence-electron chi connectivity index (χ3n) is 6.95. The van der Waals surface area contributed by atoms with Gasteiger partial charge in [0.15, 0.2) is 0 Å². The van der Waals surface area contributed by atoms with Crippen LogP contribution >= 0.6 is 0 Å². The summed E-state index contributed by atoms with van der Waals surface area (Å²) >= 11 is 0. The number of ketones is 1. The first-order valence-corrected chi connectivity index (χ1v) is 13.4. The topological polar surface area (TPSA) is 83.3 Å². The Bertz CT molecular complexity index is 1170. The zero-order chi connectivity index (χ0) is 26.5. The third kappa shape index (κ3) is 5.99. The van der Waals surface area contributed by atoms with E-state index < -0.39 is 23.5 Å². The highest BCUT2D eigenvalue weighted by Gasteiger charge is 2.44. The highest BCUT2D eigenvalue weighted by Crippen LogP contribution is 2.40. The summed E-state index contributed by atoms with van der Waals surface area (Å²) in [6.45, 7) is 5.96. The summed E-state index contributed by atoms with van der Waals surface area (Å²) in [6, 6.07) is 12.0. The molecule has 1 N–H and O–H groups in total. The molecule has 1 fully saturated rings. The van der Waals surface area contributed by atoms with E-state index in [4.69, 9.17) is 9.47 Å². The maximum atomic E-state index is 13.8. The number of nitrogens with zero attached hydrogens (tertiary/aromatic N) is 1. The molecule has 37 heavy (non-hydrogen) atoms. The fourth-order valence-corrected chi connectivity index (χ4v) is 5.09. The molecule has 0 radical (unpaired) electrons. The van der Waals surface area contributed by atoms with E-state index in [1.54, 1.807) is 23.1 Å². The van der Waals surface area contributed by atoms with Gasteiger partial charge < -0.3 is 24.4 Å². The average molecular weight is 507 g/mol. The Hall–Kier alpha value is -3.32. The first-order valence-electron chi connectivity index (χ1n) is 13.4. The molecule has 0 spiro atoms. The van der Waals surface area contributed by atoms with Gasteiger partial charge in [0.05, 0.1) is 33.3 Å². The van der Waals surface area contributed by atoms with Gasteiger partial charge in [0.1, 0.15) is 17.6 Å². The first kappa shape index (κ1) is 26.7. The van der Waals surface area contributed by atoms with Crippen LogP contribution in [-0.2, 0) is 16.0 Å². The number of carbonyl (C=O) groups excluding carboxylic acids is 2. The third-order valence-corrected chi connectivity index (χ3v) is 6.95. The number of likely N-dealkylation sites (tertiary alicyclic amines) is 1. The van der Waals surface area contributed by atoms with Crippen LogP contribution in [0, 0.1) is 0 Å². The molecule has 7 nitrogen and oxygen atoms in total. The van der Waals surface area contributed by atoms with Crippen LogP contribution in [0.25, 0.3) is 5.76 Å². The summed E-state index contributed by atoms with van der Waals surface area (Å²) < 4.78 is 11.7. The van der Waals surface area contributed by atoms with Gasteiger partial charge in [-0.2, -0.15) is 0 Å². The number of benzene rings is 2. The van der Waals surface area contributed by atoms with E-state index in [1.165, 1.54) is 4.90 Å². The number of quaternary nitrogens is 1. The molecular weight excluding hydrogens is 468 g/mol. The van der Waals surface area contributed by atoms with Gasteiger partial charge in [-0.3, -0.25) is 9.59 Å². The predicted octanol–water partition coefficient (Wildman–Crippen LogP) is 2.34. The molecule has 7 heteroatoms. The van der Waals surface area contributed by atoms with E-state index in [0.717, 1.165) is 43.5 Å². The maximum Gasteiger partial charge on any atom is 0.295 e. The smallest absolute Gasteiger partial charge is 0.295 e. The van der Waals surface area contributed by atoms with E-state index in [2.05, 4.69) is 6.92 Å². The van der Waals surface area contributed by atoms with Gasteiger partial charge in [-0.15, -0.1) is 0 Å². The second kappa shape index (κ2) is 11.8. The Morgan fingerprint density at radius 1 is 1.14 bits per heavy atom. The average Bonchev–Trinajstić information content (AvgIpc) is 3.37. The first-order chi connectivity index (χ1) is 17.8. The van der Waals surface area contributed by atoms with Gasteiger partial charge in [-0.1, -0.05) is 43.7 Å². The van der Waals surface area contributed by atoms with E-state index >= 15 is 0 Å². The molecule has 0 aromatic heterocycles. The highest BCUT2D eigenvalue weighted by molar-refractivity contribution is 6.46. The molecule has 2 aliphatic heterocycles. The van der Waals surface area contributed by atoms with Crippen molar-refractivity contribution in [3.8, 4) is 11.5 Å². The van der Waals surface area contributed by atoms with Crippen molar-refractivity contribution >= 4 is 17.4 Å². The molecule has 0 aliphatic carbocycles. The molecule has 0 saturated carbocycles. The highest BCUT2D eigenvalue weighted by atomic mass is 16.5. The molecule has 0 bridgehead atoms. The van der Waals surface area contributed by atoms with Crippen LogP contribution in [0.1, 0.15) is 62.3 Å². The van der Waals surface area contributed by atoms with Crippen molar-refractivity contribution in [1.29, 1.82) is 0 Å². The van der Waals surface area contributed by atoms with E-state index in [1.807, 2.05) is 45.3 Å². The molecule has 4 rings (SSSR count). The summed E-state index contributed by atoms with van der Waals surface area (Å²) in [7, 11) is 4.10. The predicted molar refractivity (Wildman–Crippen MR) is 140 cm³/mol. The Balaban J connectivity index is 1.72. The quantitative estimate of drug-likeness (QED) is 0.219. The molecule has 2 atom stereocenters. The molecule has 198 valence electrons. The van der Waals surface area contributed by atoms with Crippen LogP contribution in [0.2, 0.25) is 0 Å². The summed E-state index contributed by atoms with van der Waals surface area (Å²) in [5.74, 6) is -0.296.